The van der Waals surface area contributed by atoms with Crippen molar-refractivity contribution in [2.24, 2.45) is 0 Å². The third-order valence-electron chi connectivity index (χ3n) is 4.03. The smallest absolute Gasteiger partial charge is 0.303 e. The number of nitrogens with zero attached hydrogens (tertiary/aromatic N) is 1. The molecule has 2 unspecified atom stereocenters. The van der Waals surface area contributed by atoms with E-state index in [0.717, 1.165) is 30.9 Å². The van der Waals surface area contributed by atoms with Gasteiger partial charge in [0.2, 0.25) is 0 Å². The van der Waals surface area contributed by atoms with Gasteiger partial charge in [-0.15, -0.1) is 0 Å². The van der Waals surface area contributed by atoms with Crippen molar-refractivity contribution in [3.05, 3.63) is 23.7 Å². The SMILES string of the molecule is Cc1ccc(C(C)N2CCCCC2CCC(=O)O)o1. The van der Waals surface area contributed by atoms with E-state index in [0.29, 0.717) is 6.04 Å². The van der Waals surface area contributed by atoms with E-state index in [-0.39, 0.29) is 12.5 Å². The molecule has 4 heteroatoms. The maximum Gasteiger partial charge on any atom is 0.303 e. The molecule has 1 aliphatic rings. The third-order valence-corrected chi connectivity index (χ3v) is 4.03. The van der Waals surface area contributed by atoms with Crippen molar-refractivity contribution < 1.29 is 14.3 Å². The van der Waals surface area contributed by atoms with Gasteiger partial charge in [-0.25, -0.2) is 0 Å². The fourth-order valence-corrected chi connectivity index (χ4v) is 2.97. The first-order chi connectivity index (χ1) is 9.08. The van der Waals surface area contributed by atoms with Crippen LogP contribution in [0.5, 0.6) is 0 Å². The Balaban J connectivity index is 2.03. The fraction of sp³-hybridized carbons (Fsp3) is 0.667. The van der Waals surface area contributed by atoms with Crippen molar-refractivity contribution in [3.63, 3.8) is 0 Å². The van der Waals surface area contributed by atoms with Gasteiger partial charge >= 0.3 is 5.97 Å². The number of rotatable bonds is 5. The molecule has 2 atom stereocenters. The number of carboxylic acids is 1. The van der Waals surface area contributed by atoms with Crippen LogP contribution in [0.1, 0.15) is 56.6 Å². The van der Waals surface area contributed by atoms with Crippen molar-refractivity contribution >= 4 is 5.97 Å². The van der Waals surface area contributed by atoms with E-state index in [1.807, 2.05) is 19.1 Å². The van der Waals surface area contributed by atoms with Gasteiger partial charge in [0.1, 0.15) is 11.5 Å². The zero-order valence-electron chi connectivity index (χ0n) is 11.8. The number of aliphatic carboxylic acids is 1. The molecule has 1 N–H and O–H groups in total. The average Bonchev–Trinajstić information content (AvgIpc) is 2.82. The minimum absolute atomic E-state index is 0.229. The molecular formula is C15H23NO3. The summed E-state index contributed by atoms with van der Waals surface area (Å²) in [5.41, 5.74) is 0. The Labute approximate surface area is 114 Å². The van der Waals surface area contributed by atoms with E-state index in [2.05, 4.69) is 11.8 Å². The number of hydrogen-bond acceptors (Lipinski definition) is 3. The van der Waals surface area contributed by atoms with E-state index >= 15 is 0 Å². The summed E-state index contributed by atoms with van der Waals surface area (Å²) in [6, 6.07) is 4.61. The molecule has 1 fully saturated rings. The maximum absolute atomic E-state index is 10.8. The molecule has 0 aliphatic carbocycles. The quantitative estimate of drug-likeness (QED) is 0.886. The molecule has 2 rings (SSSR count). The lowest BCUT2D eigenvalue weighted by Gasteiger charge is -2.39. The Morgan fingerprint density at radius 3 is 2.95 bits per heavy atom. The molecule has 0 aromatic carbocycles. The molecule has 4 nitrogen and oxygen atoms in total. The van der Waals surface area contributed by atoms with Gasteiger partial charge in [-0.3, -0.25) is 9.69 Å². The summed E-state index contributed by atoms with van der Waals surface area (Å²) in [6.07, 6.45) is 4.47. The molecule has 0 bridgehead atoms. The molecule has 2 heterocycles. The lowest BCUT2D eigenvalue weighted by molar-refractivity contribution is -0.137. The lowest BCUT2D eigenvalue weighted by Crippen LogP contribution is -2.41. The zero-order chi connectivity index (χ0) is 13.8. The van der Waals surface area contributed by atoms with Gasteiger partial charge in [0.25, 0.3) is 0 Å². The van der Waals surface area contributed by atoms with Gasteiger partial charge in [0.15, 0.2) is 0 Å². The van der Waals surface area contributed by atoms with E-state index < -0.39 is 5.97 Å². The second kappa shape index (κ2) is 6.24. The summed E-state index contributed by atoms with van der Waals surface area (Å²) < 4.78 is 5.71. The van der Waals surface area contributed by atoms with Crippen LogP contribution in [0, 0.1) is 6.92 Å². The minimum Gasteiger partial charge on any atom is -0.481 e. The Hall–Kier alpha value is -1.29. The maximum atomic E-state index is 10.8. The molecular weight excluding hydrogens is 242 g/mol. The number of furan rings is 1. The first-order valence-electron chi connectivity index (χ1n) is 7.12. The second-order valence-electron chi connectivity index (χ2n) is 5.44. The number of hydrogen-bond donors (Lipinski definition) is 1. The monoisotopic (exact) mass is 265 g/mol. The van der Waals surface area contributed by atoms with Crippen LogP contribution in [0.2, 0.25) is 0 Å². The van der Waals surface area contributed by atoms with Crippen LogP contribution in [-0.4, -0.2) is 28.6 Å². The first kappa shape index (κ1) is 14.1. The fourth-order valence-electron chi connectivity index (χ4n) is 2.97. The van der Waals surface area contributed by atoms with Gasteiger partial charge in [-0.2, -0.15) is 0 Å². The molecule has 1 aromatic heterocycles. The molecule has 106 valence electrons. The van der Waals surface area contributed by atoms with Crippen molar-refractivity contribution in [3.8, 4) is 0 Å². The highest BCUT2D eigenvalue weighted by Crippen LogP contribution is 2.31. The van der Waals surface area contributed by atoms with Crippen molar-refractivity contribution in [1.29, 1.82) is 0 Å². The van der Waals surface area contributed by atoms with Crippen LogP contribution in [-0.2, 0) is 4.79 Å². The van der Waals surface area contributed by atoms with Crippen molar-refractivity contribution in [2.45, 2.75) is 58.0 Å². The van der Waals surface area contributed by atoms with E-state index in [9.17, 15) is 4.79 Å². The summed E-state index contributed by atoms with van der Waals surface area (Å²) >= 11 is 0. The average molecular weight is 265 g/mol. The highest BCUT2D eigenvalue weighted by Gasteiger charge is 2.28. The van der Waals surface area contributed by atoms with Crippen LogP contribution in [0.25, 0.3) is 0 Å². The largest absolute Gasteiger partial charge is 0.481 e. The number of carbonyl (C=O) groups is 1. The van der Waals surface area contributed by atoms with Crippen LogP contribution in [0.4, 0.5) is 0 Å². The number of likely N-dealkylation sites (tertiary alicyclic amines) is 1. The molecule has 0 spiro atoms. The van der Waals surface area contributed by atoms with Gasteiger partial charge < -0.3 is 9.52 Å². The molecule has 1 aliphatic heterocycles. The normalized spacial score (nSPS) is 22.3. The number of carboxylic acid groups (broad SMARTS) is 1. The number of piperidine rings is 1. The van der Waals surface area contributed by atoms with Gasteiger partial charge in [0, 0.05) is 12.5 Å². The van der Waals surface area contributed by atoms with Crippen molar-refractivity contribution in [2.75, 3.05) is 6.54 Å². The molecule has 0 radical (unpaired) electrons. The lowest BCUT2D eigenvalue weighted by atomic mass is 9.95. The highest BCUT2D eigenvalue weighted by atomic mass is 16.4. The van der Waals surface area contributed by atoms with E-state index in [4.69, 9.17) is 9.52 Å². The second-order valence-corrected chi connectivity index (χ2v) is 5.44. The minimum atomic E-state index is -0.702. The number of aryl methyl sites for hydroxylation is 1. The third kappa shape index (κ3) is 3.60. The Kier molecular flexibility index (Phi) is 4.64. The molecule has 0 saturated carbocycles. The van der Waals surface area contributed by atoms with Crippen molar-refractivity contribution in [1.82, 2.24) is 4.90 Å². The predicted molar refractivity (Wildman–Crippen MR) is 73.1 cm³/mol. The molecule has 19 heavy (non-hydrogen) atoms. The Morgan fingerprint density at radius 2 is 2.32 bits per heavy atom. The summed E-state index contributed by atoms with van der Waals surface area (Å²) in [7, 11) is 0. The summed E-state index contributed by atoms with van der Waals surface area (Å²) in [4.78, 5) is 13.2. The zero-order valence-corrected chi connectivity index (χ0v) is 11.8. The molecule has 1 saturated heterocycles. The van der Waals surface area contributed by atoms with Gasteiger partial charge in [0.05, 0.1) is 6.04 Å². The van der Waals surface area contributed by atoms with E-state index in [1.165, 1.54) is 12.8 Å². The summed E-state index contributed by atoms with van der Waals surface area (Å²) in [5.74, 6) is 1.22. The van der Waals surface area contributed by atoms with Gasteiger partial charge in [-0.05, 0) is 51.8 Å². The van der Waals surface area contributed by atoms with Crippen LogP contribution in [0.15, 0.2) is 16.5 Å². The Bertz CT molecular complexity index is 427. The summed E-state index contributed by atoms with van der Waals surface area (Å²) in [6.45, 7) is 5.14. The molecule has 0 amide bonds. The van der Waals surface area contributed by atoms with E-state index in [1.54, 1.807) is 0 Å². The highest BCUT2D eigenvalue weighted by molar-refractivity contribution is 5.66. The van der Waals surface area contributed by atoms with Gasteiger partial charge in [-0.1, -0.05) is 6.42 Å². The topological polar surface area (TPSA) is 53.7 Å². The Morgan fingerprint density at radius 1 is 1.53 bits per heavy atom. The first-order valence-corrected chi connectivity index (χ1v) is 7.12. The van der Waals surface area contributed by atoms with Crippen LogP contribution < -0.4 is 0 Å². The predicted octanol–water partition coefficient (Wildman–Crippen LogP) is 3.37. The molecule has 1 aromatic rings. The van der Waals surface area contributed by atoms with Crippen LogP contribution >= 0.6 is 0 Å². The standard InChI is InChI=1S/C15H23NO3/c1-11-6-8-14(19-11)12(2)16-10-4-3-5-13(16)7-9-15(17)18/h6,8,12-13H,3-5,7,9-10H2,1-2H3,(H,17,18). The summed E-state index contributed by atoms with van der Waals surface area (Å²) in [5, 5.41) is 8.85. The van der Waals surface area contributed by atoms with Crippen LogP contribution in [0.3, 0.4) is 0 Å².